The van der Waals surface area contributed by atoms with Gasteiger partial charge in [-0.15, -0.1) is 0 Å². The van der Waals surface area contributed by atoms with Crippen molar-refractivity contribution in [2.24, 2.45) is 33.9 Å². The fourth-order valence-electron chi connectivity index (χ4n) is 4.26. The number of furan rings is 1. The molecule has 0 aromatic carbocycles. The molecule has 138 valence electrons. The molecule has 27 heavy (non-hydrogen) atoms. The van der Waals surface area contributed by atoms with Gasteiger partial charge in [0.1, 0.15) is 0 Å². The largest absolute Gasteiger partial charge is 0.446 e. The maximum atomic E-state index is 12.2. The first-order chi connectivity index (χ1) is 13.2. The molecular weight excluding hydrogens is 344 g/mol. The van der Waals surface area contributed by atoms with Crippen LogP contribution in [0, 0.1) is 23.7 Å². The molecule has 1 heterocycles. The normalized spacial score (nSPS) is 32.7. The third-order valence-corrected chi connectivity index (χ3v) is 5.95. The van der Waals surface area contributed by atoms with Crippen LogP contribution >= 0.6 is 0 Å². The zero-order chi connectivity index (χ0) is 18.4. The van der Waals surface area contributed by atoms with E-state index in [1.165, 1.54) is 12.1 Å². The fraction of sp³-hybridized carbons (Fsp3) is 0.400. The average molecular weight is 364 g/mol. The summed E-state index contributed by atoms with van der Waals surface area (Å²) in [6.07, 6.45) is 12.6. The molecule has 2 N–H and O–H groups in total. The molecule has 4 unspecified atom stereocenters. The number of hydrogen-bond donors (Lipinski definition) is 2. The Labute approximate surface area is 156 Å². The lowest BCUT2D eigenvalue weighted by Crippen LogP contribution is -2.35. The predicted molar refractivity (Wildman–Crippen MR) is 99.2 cm³/mol. The summed E-state index contributed by atoms with van der Waals surface area (Å²) in [4.78, 5) is 24.3. The van der Waals surface area contributed by atoms with Crippen molar-refractivity contribution >= 4 is 23.2 Å². The Balaban J connectivity index is 1.17. The minimum atomic E-state index is -0.462. The first kappa shape index (κ1) is 16.2. The van der Waals surface area contributed by atoms with Gasteiger partial charge in [-0.05, 0) is 49.7 Å². The minimum absolute atomic E-state index is 0.0532. The quantitative estimate of drug-likeness (QED) is 0.635. The van der Waals surface area contributed by atoms with Gasteiger partial charge in [-0.25, -0.2) is 10.9 Å². The van der Waals surface area contributed by atoms with Gasteiger partial charge in [0.25, 0.3) is 0 Å². The van der Waals surface area contributed by atoms with Gasteiger partial charge in [0.2, 0.25) is 0 Å². The van der Waals surface area contributed by atoms with E-state index < -0.39 is 11.8 Å². The van der Waals surface area contributed by atoms with Crippen LogP contribution in [0.2, 0.25) is 0 Å². The number of hydrogen-bond acceptors (Lipinski definition) is 5. The second-order valence-electron chi connectivity index (χ2n) is 7.56. The van der Waals surface area contributed by atoms with Gasteiger partial charge in [0.15, 0.2) is 11.5 Å². The molecule has 0 bridgehead atoms. The Bertz CT molecular complexity index is 851. The summed E-state index contributed by atoms with van der Waals surface area (Å²) in [6.45, 7) is 0. The van der Waals surface area contributed by atoms with Crippen molar-refractivity contribution in [1.82, 2.24) is 10.9 Å². The highest BCUT2D eigenvalue weighted by Gasteiger charge is 2.38. The van der Waals surface area contributed by atoms with E-state index in [1.807, 2.05) is 0 Å². The van der Waals surface area contributed by atoms with Crippen LogP contribution in [0.1, 0.15) is 46.8 Å². The Morgan fingerprint density at radius 2 is 1.33 bits per heavy atom. The molecule has 0 spiro atoms. The van der Waals surface area contributed by atoms with Crippen molar-refractivity contribution in [1.29, 1.82) is 0 Å². The SMILES string of the molecule is O=C(N/N=C1\CC2CC=CC12)c1ccc(C(=O)N/N=C2\CC3CC=CC23)o1. The molecule has 0 saturated heterocycles. The van der Waals surface area contributed by atoms with Gasteiger partial charge in [-0.3, -0.25) is 9.59 Å². The molecule has 4 aliphatic rings. The lowest BCUT2D eigenvalue weighted by molar-refractivity contribution is 0.0901. The van der Waals surface area contributed by atoms with Crippen molar-refractivity contribution in [3.8, 4) is 0 Å². The number of nitrogens with one attached hydrogen (secondary N) is 2. The standard InChI is InChI=1S/C20H20N4O3/c25-19(23-21-15-9-11-3-1-5-13(11)15)17-7-8-18(27-17)20(26)24-22-16-10-12-4-2-6-14(12)16/h1-2,5-8,11-14H,3-4,9-10H2,(H,23,25)(H,24,26)/b21-15+,22-16+. The third kappa shape index (κ3) is 2.83. The number of carbonyl (C=O) groups is 2. The Kier molecular flexibility index (Phi) is 3.81. The van der Waals surface area contributed by atoms with Gasteiger partial charge in [0, 0.05) is 23.3 Å². The molecule has 2 fully saturated rings. The Morgan fingerprint density at radius 3 is 1.78 bits per heavy atom. The Hall–Kier alpha value is -2.96. The predicted octanol–water partition coefficient (Wildman–Crippen LogP) is 2.64. The summed E-state index contributed by atoms with van der Waals surface area (Å²) >= 11 is 0. The molecule has 1 aromatic rings. The zero-order valence-electron chi connectivity index (χ0n) is 14.7. The monoisotopic (exact) mass is 364 g/mol. The lowest BCUT2D eigenvalue weighted by atomic mass is 9.74. The smallest absolute Gasteiger partial charge is 0.307 e. The number of hydrazone groups is 2. The van der Waals surface area contributed by atoms with Crippen molar-refractivity contribution in [2.45, 2.75) is 25.7 Å². The summed E-state index contributed by atoms with van der Waals surface area (Å²) in [6, 6.07) is 2.94. The van der Waals surface area contributed by atoms with Crippen LogP contribution in [0.3, 0.4) is 0 Å². The van der Waals surface area contributed by atoms with Crippen LogP contribution in [0.25, 0.3) is 0 Å². The molecule has 4 atom stereocenters. The fourth-order valence-corrected chi connectivity index (χ4v) is 4.26. The Morgan fingerprint density at radius 1 is 0.852 bits per heavy atom. The van der Waals surface area contributed by atoms with Crippen LogP contribution in [0.5, 0.6) is 0 Å². The molecule has 0 aliphatic heterocycles. The van der Waals surface area contributed by atoms with Gasteiger partial charge >= 0.3 is 11.8 Å². The molecule has 2 amide bonds. The van der Waals surface area contributed by atoms with Crippen molar-refractivity contribution in [3.05, 3.63) is 48.0 Å². The van der Waals surface area contributed by atoms with E-state index in [2.05, 4.69) is 45.4 Å². The average Bonchev–Trinajstić information content (AvgIpc) is 3.35. The van der Waals surface area contributed by atoms with E-state index >= 15 is 0 Å². The maximum absolute atomic E-state index is 12.2. The number of rotatable bonds is 4. The number of nitrogens with zero attached hydrogens (tertiary/aromatic N) is 2. The van der Waals surface area contributed by atoms with Crippen LogP contribution < -0.4 is 10.9 Å². The molecule has 5 rings (SSSR count). The van der Waals surface area contributed by atoms with Crippen LogP contribution in [-0.2, 0) is 0 Å². The highest BCUT2D eigenvalue weighted by atomic mass is 16.4. The molecular formula is C20H20N4O3. The van der Waals surface area contributed by atoms with Crippen molar-refractivity contribution in [2.75, 3.05) is 0 Å². The van der Waals surface area contributed by atoms with E-state index in [1.54, 1.807) is 0 Å². The second-order valence-corrected chi connectivity index (χ2v) is 7.56. The van der Waals surface area contributed by atoms with E-state index in [9.17, 15) is 9.59 Å². The van der Waals surface area contributed by atoms with Crippen molar-refractivity contribution in [3.63, 3.8) is 0 Å². The van der Waals surface area contributed by atoms with E-state index in [4.69, 9.17) is 4.42 Å². The summed E-state index contributed by atoms with van der Waals surface area (Å²) in [7, 11) is 0. The third-order valence-electron chi connectivity index (χ3n) is 5.95. The summed E-state index contributed by atoms with van der Waals surface area (Å²) in [5.74, 6) is 1.20. The van der Waals surface area contributed by atoms with E-state index in [-0.39, 0.29) is 11.5 Å². The first-order valence-electron chi connectivity index (χ1n) is 9.36. The maximum Gasteiger partial charge on any atom is 0.307 e. The van der Waals surface area contributed by atoms with E-state index in [0.717, 1.165) is 37.1 Å². The zero-order valence-corrected chi connectivity index (χ0v) is 14.7. The summed E-state index contributed by atoms with van der Waals surface area (Å²) in [5, 5.41) is 8.38. The minimum Gasteiger partial charge on any atom is -0.446 e. The summed E-state index contributed by atoms with van der Waals surface area (Å²) < 4.78 is 5.36. The molecule has 0 radical (unpaired) electrons. The molecule has 7 heteroatoms. The number of carbonyl (C=O) groups excluding carboxylic acids is 2. The summed E-state index contributed by atoms with van der Waals surface area (Å²) in [5.41, 5.74) is 7.00. The molecule has 1 aromatic heterocycles. The lowest BCUT2D eigenvalue weighted by Gasteiger charge is -2.31. The van der Waals surface area contributed by atoms with Gasteiger partial charge in [-0.1, -0.05) is 24.3 Å². The second kappa shape index (κ2) is 6.33. The van der Waals surface area contributed by atoms with Crippen molar-refractivity contribution < 1.29 is 14.0 Å². The van der Waals surface area contributed by atoms with Crippen LogP contribution in [0.4, 0.5) is 0 Å². The highest BCUT2D eigenvalue weighted by Crippen LogP contribution is 2.40. The van der Waals surface area contributed by atoms with Gasteiger partial charge in [0.05, 0.1) is 0 Å². The molecule has 2 saturated carbocycles. The molecule has 4 aliphatic carbocycles. The number of fused-ring (bicyclic) bond motifs is 2. The first-order valence-corrected chi connectivity index (χ1v) is 9.36. The van der Waals surface area contributed by atoms with Crippen LogP contribution in [-0.4, -0.2) is 23.2 Å². The number of amides is 2. The topological polar surface area (TPSA) is 96.1 Å². The van der Waals surface area contributed by atoms with Crippen LogP contribution in [0.15, 0.2) is 51.1 Å². The molecule has 7 nitrogen and oxygen atoms in total. The number of allylic oxidation sites excluding steroid dienone is 4. The van der Waals surface area contributed by atoms with Gasteiger partial charge < -0.3 is 4.42 Å². The van der Waals surface area contributed by atoms with Gasteiger partial charge in [-0.2, -0.15) is 10.2 Å². The van der Waals surface area contributed by atoms with E-state index in [0.29, 0.717) is 23.7 Å². The highest BCUT2D eigenvalue weighted by molar-refractivity contribution is 5.99.